The smallest absolute Gasteiger partial charge is 0.0338 e. The largest absolute Gasteiger partial charge is 0.383 e. The fourth-order valence-corrected chi connectivity index (χ4v) is 0.857. The first kappa shape index (κ1) is 11.0. The molecule has 0 atom stereocenters. The molecule has 0 aliphatic rings. The number of hydrogen-bond donors (Lipinski definition) is 1. The highest BCUT2D eigenvalue weighted by atomic mass is 14.9. The maximum Gasteiger partial charge on any atom is 0.0338 e. The molecule has 68 valence electrons. The van der Waals surface area contributed by atoms with Crippen LogP contribution in [-0.2, 0) is 0 Å². The third-order valence-electron chi connectivity index (χ3n) is 1.29. The molecule has 12 heavy (non-hydrogen) atoms. The molecule has 0 saturated carbocycles. The average molecular weight is 165 g/mol. The van der Waals surface area contributed by atoms with Gasteiger partial charge in [-0.05, 0) is 32.4 Å². The van der Waals surface area contributed by atoms with Gasteiger partial charge in [0.2, 0.25) is 0 Å². The molecule has 0 heterocycles. The highest BCUT2D eigenvalue weighted by molar-refractivity contribution is 5.21. The van der Waals surface area contributed by atoms with Gasteiger partial charge in [0.05, 0.1) is 0 Å². The minimum Gasteiger partial charge on any atom is -0.383 e. The van der Waals surface area contributed by atoms with Crippen LogP contribution in [0.4, 0.5) is 0 Å². The minimum absolute atomic E-state index is 0.470. The summed E-state index contributed by atoms with van der Waals surface area (Å²) in [4.78, 5) is 0. The lowest BCUT2D eigenvalue weighted by molar-refractivity contribution is 0.681. The van der Waals surface area contributed by atoms with E-state index in [0.717, 1.165) is 12.1 Å². The Morgan fingerprint density at radius 2 is 2.17 bits per heavy atom. The molecule has 0 aromatic carbocycles. The first-order chi connectivity index (χ1) is 5.70. The van der Waals surface area contributed by atoms with Gasteiger partial charge in [-0.2, -0.15) is 0 Å². The van der Waals surface area contributed by atoms with Gasteiger partial charge in [0.1, 0.15) is 0 Å². The summed E-state index contributed by atoms with van der Waals surface area (Å²) >= 11 is 0. The molecule has 1 nitrogen and oxygen atoms in total. The predicted octanol–water partition coefficient (Wildman–Crippen LogP) is 3.02. The second-order valence-corrected chi connectivity index (χ2v) is 2.97. The summed E-state index contributed by atoms with van der Waals surface area (Å²) in [7, 11) is 0. The predicted molar refractivity (Wildman–Crippen MR) is 56.0 cm³/mol. The summed E-state index contributed by atoms with van der Waals surface area (Å²) in [6, 6.07) is 0.470. The minimum atomic E-state index is 0.470. The molecule has 0 fully saturated rings. The molecule has 0 aliphatic heterocycles. The summed E-state index contributed by atoms with van der Waals surface area (Å²) in [5.74, 6) is 0. The van der Waals surface area contributed by atoms with Crippen molar-refractivity contribution in [2.24, 2.45) is 0 Å². The van der Waals surface area contributed by atoms with Crippen molar-refractivity contribution in [3.63, 3.8) is 0 Å². The van der Waals surface area contributed by atoms with Crippen molar-refractivity contribution in [3.05, 3.63) is 36.6 Å². The highest BCUT2D eigenvalue weighted by Gasteiger charge is 1.92. The maximum absolute atomic E-state index is 3.67. The van der Waals surface area contributed by atoms with Crippen LogP contribution in [0.3, 0.4) is 0 Å². The summed E-state index contributed by atoms with van der Waals surface area (Å²) in [5, 5.41) is 3.32. The van der Waals surface area contributed by atoms with E-state index in [2.05, 4.69) is 44.8 Å². The number of hydrogen-bond acceptors (Lipinski definition) is 1. The molecule has 0 saturated heterocycles. The topological polar surface area (TPSA) is 12.0 Å². The third kappa shape index (κ3) is 5.78. The van der Waals surface area contributed by atoms with E-state index in [4.69, 9.17) is 0 Å². The van der Waals surface area contributed by atoms with E-state index in [0.29, 0.717) is 6.04 Å². The Morgan fingerprint density at radius 1 is 1.50 bits per heavy atom. The second kappa shape index (κ2) is 6.71. The van der Waals surface area contributed by atoms with Crippen LogP contribution in [0.2, 0.25) is 0 Å². The number of rotatable bonds is 5. The van der Waals surface area contributed by atoms with E-state index in [-0.39, 0.29) is 0 Å². The Bertz CT molecular complexity index is 175. The molecule has 0 bridgehead atoms. The molecule has 0 aliphatic carbocycles. The van der Waals surface area contributed by atoms with Gasteiger partial charge in [0.15, 0.2) is 0 Å². The van der Waals surface area contributed by atoms with Gasteiger partial charge >= 0.3 is 0 Å². The monoisotopic (exact) mass is 165 g/mol. The maximum atomic E-state index is 3.67. The summed E-state index contributed by atoms with van der Waals surface area (Å²) in [5.41, 5.74) is 1.13. The Kier molecular flexibility index (Phi) is 6.16. The van der Waals surface area contributed by atoms with E-state index >= 15 is 0 Å². The van der Waals surface area contributed by atoms with E-state index in [1.54, 1.807) is 6.08 Å². The normalized spacial score (nSPS) is 12.5. The molecular weight excluding hydrogens is 146 g/mol. The molecule has 0 amide bonds. The van der Waals surface area contributed by atoms with Crippen LogP contribution >= 0.6 is 0 Å². The van der Waals surface area contributed by atoms with Crippen molar-refractivity contribution >= 4 is 0 Å². The first-order valence-corrected chi connectivity index (χ1v) is 4.46. The number of allylic oxidation sites excluding steroid dienone is 4. The summed E-state index contributed by atoms with van der Waals surface area (Å²) in [6.45, 7) is 10.0. The fourth-order valence-electron chi connectivity index (χ4n) is 0.857. The van der Waals surface area contributed by atoms with Gasteiger partial charge in [0, 0.05) is 11.7 Å². The standard InChI is InChI=1S/C11H19N/c1-5-7-9-11(8-6-2)12-10(3)4/h6-10,12H,2,5H2,1,3-4H3/b9-7-,11-8+. The van der Waals surface area contributed by atoms with E-state index < -0.39 is 0 Å². The Hall–Kier alpha value is -0.980. The summed E-state index contributed by atoms with van der Waals surface area (Å²) < 4.78 is 0. The first-order valence-electron chi connectivity index (χ1n) is 4.46. The number of nitrogens with one attached hydrogen (secondary N) is 1. The van der Waals surface area contributed by atoms with Gasteiger partial charge < -0.3 is 5.32 Å². The van der Waals surface area contributed by atoms with Crippen molar-refractivity contribution in [3.8, 4) is 0 Å². The van der Waals surface area contributed by atoms with E-state index in [1.807, 2.05) is 6.08 Å². The van der Waals surface area contributed by atoms with Crippen molar-refractivity contribution in [2.75, 3.05) is 0 Å². The molecule has 1 N–H and O–H groups in total. The zero-order valence-corrected chi connectivity index (χ0v) is 8.30. The van der Waals surface area contributed by atoms with Gasteiger partial charge in [-0.3, -0.25) is 0 Å². The van der Waals surface area contributed by atoms with Crippen LogP contribution in [0, 0.1) is 0 Å². The summed E-state index contributed by atoms with van der Waals surface area (Å²) in [6.07, 6.45) is 9.05. The quantitative estimate of drug-likeness (QED) is 0.617. The van der Waals surface area contributed by atoms with Crippen LogP contribution in [0.5, 0.6) is 0 Å². The average Bonchev–Trinajstić information content (AvgIpc) is 2.00. The van der Waals surface area contributed by atoms with Gasteiger partial charge in [0.25, 0.3) is 0 Å². The Morgan fingerprint density at radius 3 is 2.58 bits per heavy atom. The van der Waals surface area contributed by atoms with E-state index in [1.165, 1.54) is 0 Å². The Labute approximate surface area is 75.9 Å². The van der Waals surface area contributed by atoms with Crippen LogP contribution in [0.1, 0.15) is 27.2 Å². The molecular formula is C11H19N. The van der Waals surface area contributed by atoms with Crippen LogP contribution in [0.25, 0.3) is 0 Å². The lowest BCUT2D eigenvalue weighted by atomic mass is 10.3. The van der Waals surface area contributed by atoms with Crippen LogP contribution < -0.4 is 5.32 Å². The SMILES string of the molecule is C=C/C=C(\C=C/CC)NC(C)C. The lowest BCUT2D eigenvalue weighted by Gasteiger charge is -2.09. The fraction of sp³-hybridized carbons (Fsp3) is 0.455. The third-order valence-corrected chi connectivity index (χ3v) is 1.29. The van der Waals surface area contributed by atoms with Crippen molar-refractivity contribution in [1.29, 1.82) is 0 Å². The van der Waals surface area contributed by atoms with Gasteiger partial charge in [-0.1, -0.05) is 25.7 Å². The zero-order chi connectivity index (χ0) is 9.40. The van der Waals surface area contributed by atoms with Crippen molar-refractivity contribution < 1.29 is 0 Å². The molecule has 0 radical (unpaired) electrons. The molecule has 0 aromatic rings. The molecule has 1 heteroatoms. The van der Waals surface area contributed by atoms with Gasteiger partial charge in [-0.25, -0.2) is 0 Å². The second-order valence-electron chi connectivity index (χ2n) is 2.97. The van der Waals surface area contributed by atoms with E-state index in [9.17, 15) is 0 Å². The van der Waals surface area contributed by atoms with Crippen molar-refractivity contribution in [1.82, 2.24) is 5.32 Å². The molecule has 0 spiro atoms. The van der Waals surface area contributed by atoms with Crippen molar-refractivity contribution in [2.45, 2.75) is 33.2 Å². The Balaban J connectivity index is 4.14. The lowest BCUT2D eigenvalue weighted by Crippen LogP contribution is -2.20. The zero-order valence-electron chi connectivity index (χ0n) is 8.30. The van der Waals surface area contributed by atoms with Gasteiger partial charge in [-0.15, -0.1) is 0 Å². The molecule has 0 rings (SSSR count). The van der Waals surface area contributed by atoms with Crippen LogP contribution in [0.15, 0.2) is 36.6 Å². The molecule has 0 aromatic heterocycles. The van der Waals surface area contributed by atoms with Crippen LogP contribution in [-0.4, -0.2) is 6.04 Å². The molecule has 0 unspecified atom stereocenters. The highest BCUT2D eigenvalue weighted by Crippen LogP contribution is 1.96.